The van der Waals surface area contributed by atoms with Crippen LogP contribution >= 0.6 is 0 Å². The molecule has 96 valence electrons. The second-order valence-electron chi connectivity index (χ2n) is 4.36. The summed E-state index contributed by atoms with van der Waals surface area (Å²) in [5.41, 5.74) is 12.9. The van der Waals surface area contributed by atoms with Gasteiger partial charge in [0, 0.05) is 30.4 Å². The molecule has 0 amide bonds. The molecule has 0 radical (unpaired) electrons. The van der Waals surface area contributed by atoms with E-state index in [0.717, 1.165) is 12.8 Å². The molecular formula is C13H18N4O. The molecule has 1 fully saturated rings. The van der Waals surface area contributed by atoms with Gasteiger partial charge >= 0.3 is 0 Å². The van der Waals surface area contributed by atoms with Gasteiger partial charge in [-0.3, -0.25) is 5.41 Å². The first kappa shape index (κ1) is 12.6. The molecule has 0 atom stereocenters. The summed E-state index contributed by atoms with van der Waals surface area (Å²) in [6.07, 6.45) is 1.74. The number of aliphatic imine (C=N–C) groups is 1. The van der Waals surface area contributed by atoms with Gasteiger partial charge in [0.15, 0.2) is 5.84 Å². The van der Waals surface area contributed by atoms with E-state index in [0.29, 0.717) is 30.3 Å². The van der Waals surface area contributed by atoms with Crippen molar-refractivity contribution in [2.75, 3.05) is 18.9 Å². The van der Waals surface area contributed by atoms with E-state index in [1.165, 1.54) is 0 Å². The Morgan fingerprint density at radius 3 is 2.61 bits per heavy atom. The van der Waals surface area contributed by atoms with Crippen LogP contribution in [0.5, 0.6) is 0 Å². The molecule has 0 bridgehead atoms. The molecule has 1 aliphatic rings. The first-order valence-corrected chi connectivity index (χ1v) is 6.03. The Labute approximate surface area is 106 Å². The number of ether oxygens (including phenoxy) is 1. The van der Waals surface area contributed by atoms with Crippen LogP contribution in [0.25, 0.3) is 0 Å². The summed E-state index contributed by atoms with van der Waals surface area (Å²) < 4.78 is 5.27. The third-order valence-electron chi connectivity index (χ3n) is 3.10. The maximum atomic E-state index is 7.94. The lowest BCUT2D eigenvalue weighted by Crippen LogP contribution is -2.30. The van der Waals surface area contributed by atoms with Crippen molar-refractivity contribution in [1.82, 2.24) is 0 Å². The predicted molar refractivity (Wildman–Crippen MR) is 72.8 cm³/mol. The van der Waals surface area contributed by atoms with Crippen molar-refractivity contribution in [2.45, 2.75) is 12.8 Å². The number of nitrogens with two attached hydrogens (primary N) is 2. The highest BCUT2D eigenvalue weighted by atomic mass is 16.5. The van der Waals surface area contributed by atoms with Gasteiger partial charge < -0.3 is 16.2 Å². The number of nitrogens with zero attached hydrogens (tertiary/aromatic N) is 1. The number of para-hydroxylation sites is 1. The fraction of sp³-hybridized carbons (Fsp3) is 0.385. The molecule has 0 unspecified atom stereocenters. The molecule has 5 heteroatoms. The molecule has 1 saturated heterocycles. The molecule has 0 spiro atoms. The van der Waals surface area contributed by atoms with Gasteiger partial charge in [0.1, 0.15) is 5.84 Å². The van der Waals surface area contributed by atoms with E-state index in [2.05, 4.69) is 4.99 Å². The van der Waals surface area contributed by atoms with Crippen molar-refractivity contribution in [3.63, 3.8) is 0 Å². The van der Waals surface area contributed by atoms with Crippen LogP contribution in [0.1, 0.15) is 18.4 Å². The predicted octanol–water partition coefficient (Wildman–Crippen LogP) is 1.38. The quantitative estimate of drug-likeness (QED) is 0.417. The summed E-state index contributed by atoms with van der Waals surface area (Å²) in [6, 6.07) is 7.19. The summed E-state index contributed by atoms with van der Waals surface area (Å²) in [4.78, 5) is 4.17. The summed E-state index contributed by atoms with van der Waals surface area (Å²) in [6.45, 7) is 1.42. The number of benzene rings is 1. The Hall–Kier alpha value is -1.88. The highest BCUT2D eigenvalue weighted by Gasteiger charge is 2.18. The van der Waals surface area contributed by atoms with E-state index in [1.54, 1.807) is 12.1 Å². The van der Waals surface area contributed by atoms with Gasteiger partial charge in [0.2, 0.25) is 0 Å². The monoisotopic (exact) mass is 246 g/mol. The highest BCUT2D eigenvalue weighted by molar-refractivity contribution is 6.07. The lowest BCUT2D eigenvalue weighted by atomic mass is 9.99. The number of nitrogens with one attached hydrogen (secondary N) is 1. The van der Waals surface area contributed by atoms with Gasteiger partial charge in [0.25, 0.3) is 0 Å². The van der Waals surface area contributed by atoms with E-state index in [4.69, 9.17) is 21.6 Å². The number of rotatable bonds is 2. The first-order chi connectivity index (χ1) is 8.68. The third kappa shape index (κ3) is 2.87. The third-order valence-corrected chi connectivity index (χ3v) is 3.10. The second-order valence-corrected chi connectivity index (χ2v) is 4.36. The van der Waals surface area contributed by atoms with E-state index < -0.39 is 0 Å². The summed E-state index contributed by atoms with van der Waals surface area (Å²) in [5, 5.41) is 7.94. The molecule has 1 aromatic rings. The van der Waals surface area contributed by atoms with Gasteiger partial charge in [-0.05, 0) is 25.0 Å². The highest BCUT2D eigenvalue weighted by Crippen LogP contribution is 2.16. The fourth-order valence-corrected chi connectivity index (χ4v) is 1.99. The van der Waals surface area contributed by atoms with Crippen LogP contribution in [0.15, 0.2) is 29.3 Å². The summed E-state index contributed by atoms with van der Waals surface area (Å²) in [5.74, 6) is 0.840. The second kappa shape index (κ2) is 5.64. The summed E-state index contributed by atoms with van der Waals surface area (Å²) in [7, 11) is 0. The lowest BCUT2D eigenvalue weighted by Gasteiger charge is -2.21. The van der Waals surface area contributed by atoms with Gasteiger partial charge in [0.05, 0.1) is 0 Å². The van der Waals surface area contributed by atoms with Crippen molar-refractivity contribution >= 4 is 17.4 Å². The van der Waals surface area contributed by atoms with Gasteiger partial charge in [-0.15, -0.1) is 0 Å². The van der Waals surface area contributed by atoms with Crippen LogP contribution in [-0.2, 0) is 4.74 Å². The smallest absolute Gasteiger partial charge is 0.155 e. The molecule has 0 saturated carbocycles. The zero-order valence-corrected chi connectivity index (χ0v) is 10.2. The standard InChI is InChI=1S/C13H18N4O/c14-11-4-2-1-3-10(11)13(16)17-12(15)9-5-7-18-8-6-9/h1-4,9H,5-8,14H2,(H3,15,16,17). The Bertz CT molecular complexity index is 464. The first-order valence-electron chi connectivity index (χ1n) is 6.03. The molecule has 1 heterocycles. The van der Waals surface area contributed by atoms with Gasteiger partial charge in [-0.2, -0.15) is 0 Å². The Morgan fingerprint density at radius 1 is 1.28 bits per heavy atom. The van der Waals surface area contributed by atoms with Crippen LogP contribution in [0.2, 0.25) is 0 Å². The normalized spacial score (nSPS) is 17.7. The van der Waals surface area contributed by atoms with Crippen LogP contribution < -0.4 is 11.5 Å². The van der Waals surface area contributed by atoms with Crippen LogP contribution in [0.3, 0.4) is 0 Å². The molecule has 1 aliphatic heterocycles. The Balaban J connectivity index is 2.12. The number of anilines is 1. The molecule has 0 aromatic heterocycles. The minimum atomic E-state index is 0.122. The zero-order chi connectivity index (χ0) is 13.0. The van der Waals surface area contributed by atoms with E-state index >= 15 is 0 Å². The van der Waals surface area contributed by atoms with Gasteiger partial charge in [-0.1, -0.05) is 12.1 Å². The SMILES string of the molecule is N=C(N=C(N)C1CCOCC1)c1ccccc1N. The number of hydrogen-bond donors (Lipinski definition) is 3. The largest absolute Gasteiger partial charge is 0.398 e. The van der Waals surface area contributed by atoms with Crippen LogP contribution in [0, 0.1) is 11.3 Å². The van der Waals surface area contributed by atoms with Crippen LogP contribution in [0.4, 0.5) is 5.69 Å². The number of nitrogen functional groups attached to an aromatic ring is 1. The number of hydrogen-bond acceptors (Lipinski definition) is 3. The van der Waals surface area contributed by atoms with Crippen molar-refractivity contribution in [3.8, 4) is 0 Å². The average molecular weight is 246 g/mol. The van der Waals surface area contributed by atoms with Crippen molar-refractivity contribution < 1.29 is 4.74 Å². The zero-order valence-electron chi connectivity index (χ0n) is 10.2. The molecule has 2 rings (SSSR count). The minimum absolute atomic E-state index is 0.122. The van der Waals surface area contributed by atoms with E-state index in [-0.39, 0.29) is 11.8 Å². The topological polar surface area (TPSA) is 97.5 Å². The molecule has 1 aromatic carbocycles. The van der Waals surface area contributed by atoms with Crippen molar-refractivity contribution in [1.29, 1.82) is 5.41 Å². The molecule has 18 heavy (non-hydrogen) atoms. The molecule has 5 N–H and O–H groups in total. The lowest BCUT2D eigenvalue weighted by molar-refractivity contribution is 0.0826. The minimum Gasteiger partial charge on any atom is -0.398 e. The fourth-order valence-electron chi connectivity index (χ4n) is 1.99. The average Bonchev–Trinajstić information content (AvgIpc) is 2.40. The molecule has 0 aliphatic carbocycles. The number of amidine groups is 2. The van der Waals surface area contributed by atoms with E-state index in [9.17, 15) is 0 Å². The summed E-state index contributed by atoms with van der Waals surface area (Å²) >= 11 is 0. The van der Waals surface area contributed by atoms with Crippen LogP contribution in [-0.4, -0.2) is 24.9 Å². The maximum absolute atomic E-state index is 7.94. The molecular weight excluding hydrogens is 228 g/mol. The Kier molecular flexibility index (Phi) is 3.94. The molecule has 5 nitrogen and oxygen atoms in total. The van der Waals surface area contributed by atoms with Crippen molar-refractivity contribution in [3.05, 3.63) is 29.8 Å². The maximum Gasteiger partial charge on any atom is 0.155 e. The Morgan fingerprint density at radius 2 is 1.94 bits per heavy atom. The van der Waals surface area contributed by atoms with Crippen molar-refractivity contribution in [2.24, 2.45) is 16.6 Å². The van der Waals surface area contributed by atoms with Gasteiger partial charge in [-0.25, -0.2) is 4.99 Å². The van der Waals surface area contributed by atoms with E-state index in [1.807, 2.05) is 12.1 Å².